The van der Waals surface area contributed by atoms with Crippen molar-refractivity contribution in [3.8, 4) is 11.4 Å². The van der Waals surface area contributed by atoms with Crippen molar-refractivity contribution in [2.75, 3.05) is 27.2 Å². The molecule has 1 aliphatic heterocycles. The first-order valence-electron chi connectivity index (χ1n) is 12.7. The number of hydrogen-bond acceptors (Lipinski definition) is 5. The number of amides is 2. The average Bonchev–Trinajstić information content (AvgIpc) is 3.60. The fraction of sp³-hybridized carbons (Fsp3) is 0.444. The Morgan fingerprint density at radius 2 is 1.84 bits per heavy atom. The van der Waals surface area contributed by atoms with Crippen molar-refractivity contribution in [2.45, 2.75) is 50.7 Å². The second-order valence-corrected chi connectivity index (χ2v) is 10.5. The van der Waals surface area contributed by atoms with Crippen LogP contribution in [0.1, 0.15) is 55.0 Å². The van der Waals surface area contributed by atoms with Gasteiger partial charge in [-0.3, -0.25) is 4.90 Å². The summed E-state index contributed by atoms with van der Waals surface area (Å²) in [6, 6.07) is 10.4. The van der Waals surface area contributed by atoms with Gasteiger partial charge in [0.05, 0.1) is 36.3 Å². The van der Waals surface area contributed by atoms with E-state index in [9.17, 15) is 4.79 Å². The number of likely N-dealkylation sites (tertiary alicyclic amines) is 1. The molecule has 37 heavy (non-hydrogen) atoms. The van der Waals surface area contributed by atoms with E-state index in [1.807, 2.05) is 24.9 Å². The van der Waals surface area contributed by atoms with Gasteiger partial charge >= 0.3 is 6.03 Å². The summed E-state index contributed by atoms with van der Waals surface area (Å²) in [7, 11) is 3.42. The molecule has 1 fully saturated rings. The molecule has 196 valence electrons. The number of piperidine rings is 1. The van der Waals surface area contributed by atoms with E-state index >= 15 is 0 Å². The zero-order valence-corrected chi connectivity index (χ0v) is 22.8. The van der Waals surface area contributed by atoms with Crippen LogP contribution < -0.4 is 10.1 Å². The third kappa shape index (κ3) is 5.15. The average molecular weight is 543 g/mol. The van der Waals surface area contributed by atoms with Crippen LogP contribution in [-0.2, 0) is 6.42 Å². The number of urea groups is 1. The second kappa shape index (κ2) is 10.9. The molecule has 2 aliphatic rings. The molecule has 2 heterocycles. The van der Waals surface area contributed by atoms with Crippen molar-refractivity contribution >= 4 is 29.2 Å². The normalized spacial score (nSPS) is 18.9. The van der Waals surface area contributed by atoms with Crippen LogP contribution in [0.3, 0.4) is 0 Å². The molecular weight excluding hydrogens is 511 g/mol. The van der Waals surface area contributed by atoms with Crippen LogP contribution in [0.4, 0.5) is 4.79 Å². The van der Waals surface area contributed by atoms with Gasteiger partial charge in [0.1, 0.15) is 10.8 Å². The Morgan fingerprint density at radius 1 is 1.11 bits per heavy atom. The van der Waals surface area contributed by atoms with E-state index in [2.05, 4.69) is 38.6 Å². The van der Waals surface area contributed by atoms with E-state index in [1.165, 1.54) is 11.1 Å². The van der Waals surface area contributed by atoms with Crippen molar-refractivity contribution in [1.82, 2.24) is 30.1 Å². The summed E-state index contributed by atoms with van der Waals surface area (Å²) in [5.74, 6) is 0.512. The Bertz CT molecular complexity index is 1260. The SMILES string of the molecule is COc1ccc([C@H](C)NC(=O)N(C)C2CCN(C3CCc4cc(-n5nccn5)ccc43)CC2)c(Cl)c1Cl. The first-order valence-corrected chi connectivity index (χ1v) is 13.4. The molecule has 1 unspecified atom stereocenters. The summed E-state index contributed by atoms with van der Waals surface area (Å²) in [5, 5.41) is 12.3. The van der Waals surface area contributed by atoms with Crippen LogP contribution >= 0.6 is 23.2 Å². The number of fused-ring (bicyclic) bond motifs is 1. The Balaban J connectivity index is 1.17. The summed E-state index contributed by atoms with van der Waals surface area (Å²) in [6.07, 6.45) is 7.45. The molecule has 2 atom stereocenters. The number of methoxy groups -OCH3 is 1. The molecule has 1 N–H and O–H groups in total. The molecular formula is C27H32Cl2N6O2. The second-order valence-electron chi connectivity index (χ2n) is 9.79. The molecule has 8 nitrogen and oxygen atoms in total. The lowest BCUT2D eigenvalue weighted by atomic mass is 9.99. The number of ether oxygens (including phenoxy) is 1. The minimum absolute atomic E-state index is 0.111. The van der Waals surface area contributed by atoms with Crippen LogP contribution in [0, 0.1) is 0 Å². The number of aryl methyl sites for hydroxylation is 1. The highest BCUT2D eigenvalue weighted by atomic mass is 35.5. The van der Waals surface area contributed by atoms with Crippen LogP contribution in [0.25, 0.3) is 5.69 Å². The maximum absolute atomic E-state index is 13.1. The number of carbonyl (C=O) groups is 1. The lowest BCUT2D eigenvalue weighted by Gasteiger charge is -2.40. The van der Waals surface area contributed by atoms with Gasteiger partial charge in [0, 0.05) is 32.2 Å². The number of carbonyl (C=O) groups excluding carboxylic acids is 1. The fourth-order valence-electron chi connectivity index (χ4n) is 5.59. The third-order valence-corrected chi connectivity index (χ3v) is 8.61. The minimum Gasteiger partial charge on any atom is -0.495 e. The summed E-state index contributed by atoms with van der Waals surface area (Å²) >= 11 is 12.7. The Hall–Kier alpha value is -2.81. The van der Waals surface area contributed by atoms with Gasteiger partial charge in [0.2, 0.25) is 0 Å². The third-order valence-electron chi connectivity index (χ3n) is 7.73. The van der Waals surface area contributed by atoms with E-state index < -0.39 is 0 Å². The molecule has 0 saturated carbocycles. The number of benzene rings is 2. The number of nitrogens with zero attached hydrogens (tertiary/aromatic N) is 5. The maximum atomic E-state index is 13.1. The number of aromatic nitrogens is 3. The van der Waals surface area contributed by atoms with Gasteiger partial charge in [0.15, 0.2) is 0 Å². The minimum atomic E-state index is -0.289. The van der Waals surface area contributed by atoms with Gasteiger partial charge in [-0.15, -0.1) is 0 Å². The number of rotatable bonds is 6. The van der Waals surface area contributed by atoms with E-state index in [1.54, 1.807) is 30.4 Å². The van der Waals surface area contributed by atoms with E-state index in [0.717, 1.165) is 50.0 Å². The smallest absolute Gasteiger partial charge is 0.317 e. The Labute approximate surface area is 227 Å². The zero-order chi connectivity index (χ0) is 26.1. The van der Waals surface area contributed by atoms with Crippen LogP contribution in [-0.4, -0.2) is 64.1 Å². The van der Waals surface area contributed by atoms with Crippen LogP contribution in [0.15, 0.2) is 42.7 Å². The van der Waals surface area contributed by atoms with E-state index in [4.69, 9.17) is 27.9 Å². The van der Waals surface area contributed by atoms with Crippen molar-refractivity contribution in [2.24, 2.45) is 0 Å². The monoisotopic (exact) mass is 542 g/mol. The quantitative estimate of drug-likeness (QED) is 0.449. The Morgan fingerprint density at radius 3 is 2.54 bits per heavy atom. The Kier molecular flexibility index (Phi) is 7.60. The van der Waals surface area contributed by atoms with Gasteiger partial charge in [-0.25, -0.2) is 4.79 Å². The molecule has 2 amide bonds. The van der Waals surface area contributed by atoms with Crippen molar-refractivity contribution in [3.05, 3.63) is 69.5 Å². The first-order chi connectivity index (χ1) is 17.9. The number of nitrogens with one attached hydrogen (secondary N) is 1. The van der Waals surface area contributed by atoms with Crippen LogP contribution in [0.5, 0.6) is 5.75 Å². The topological polar surface area (TPSA) is 75.5 Å². The zero-order valence-electron chi connectivity index (χ0n) is 21.3. The predicted molar refractivity (Wildman–Crippen MR) is 145 cm³/mol. The number of halogens is 2. The molecule has 0 radical (unpaired) electrons. The molecule has 1 aliphatic carbocycles. The van der Waals surface area contributed by atoms with Crippen molar-refractivity contribution < 1.29 is 9.53 Å². The van der Waals surface area contributed by atoms with Gasteiger partial charge < -0.3 is 15.0 Å². The first kappa shape index (κ1) is 25.8. The highest BCUT2D eigenvalue weighted by molar-refractivity contribution is 6.43. The van der Waals surface area contributed by atoms with Gasteiger partial charge in [-0.05, 0) is 67.5 Å². The molecule has 0 spiro atoms. The maximum Gasteiger partial charge on any atom is 0.317 e. The van der Waals surface area contributed by atoms with Gasteiger partial charge in [-0.2, -0.15) is 15.0 Å². The summed E-state index contributed by atoms with van der Waals surface area (Å²) in [4.78, 5) is 19.1. The molecule has 0 bridgehead atoms. The highest BCUT2D eigenvalue weighted by Gasteiger charge is 2.33. The lowest BCUT2D eigenvalue weighted by Crippen LogP contribution is -2.49. The summed E-state index contributed by atoms with van der Waals surface area (Å²) in [5.41, 5.74) is 4.55. The molecule has 5 rings (SSSR count). The molecule has 1 saturated heterocycles. The standard InChI is InChI=1S/C27H32Cl2N6O2/c1-17(21-7-9-24(37-3)26(29)25(21)28)32-27(36)33(2)19-10-14-34(15-11-19)23-8-4-18-16-20(5-6-22(18)23)35-30-12-13-31-35/h5-7,9,12-13,16-17,19,23H,4,8,10-11,14-15H2,1-3H3,(H,32,36)/t17-,23?/m0/s1. The van der Waals surface area contributed by atoms with E-state index in [-0.39, 0.29) is 18.1 Å². The fourth-order valence-corrected chi connectivity index (χ4v) is 6.16. The van der Waals surface area contributed by atoms with Crippen LogP contribution in [0.2, 0.25) is 10.0 Å². The van der Waals surface area contributed by atoms with Gasteiger partial charge in [-0.1, -0.05) is 35.3 Å². The molecule has 10 heteroatoms. The summed E-state index contributed by atoms with van der Waals surface area (Å²) in [6.45, 7) is 3.83. The molecule has 3 aromatic rings. The van der Waals surface area contributed by atoms with Gasteiger partial charge in [0.25, 0.3) is 0 Å². The van der Waals surface area contributed by atoms with Crippen molar-refractivity contribution in [1.29, 1.82) is 0 Å². The molecule has 1 aromatic heterocycles. The highest BCUT2D eigenvalue weighted by Crippen LogP contribution is 2.39. The predicted octanol–water partition coefficient (Wildman–Crippen LogP) is 5.44. The lowest BCUT2D eigenvalue weighted by molar-refractivity contribution is 0.105. The van der Waals surface area contributed by atoms with E-state index in [0.29, 0.717) is 21.8 Å². The molecule has 2 aromatic carbocycles. The largest absolute Gasteiger partial charge is 0.495 e. The summed E-state index contributed by atoms with van der Waals surface area (Å²) < 4.78 is 5.22. The number of hydrogen-bond donors (Lipinski definition) is 1. The van der Waals surface area contributed by atoms with Crippen molar-refractivity contribution in [3.63, 3.8) is 0 Å².